The van der Waals surface area contributed by atoms with Crippen molar-refractivity contribution in [3.63, 3.8) is 0 Å². The summed E-state index contributed by atoms with van der Waals surface area (Å²) in [6, 6.07) is 11.9. The molecule has 2 heterocycles. The average molecular weight is 451 g/mol. The lowest BCUT2D eigenvalue weighted by molar-refractivity contribution is -0.154. The van der Waals surface area contributed by atoms with Gasteiger partial charge in [-0.25, -0.2) is 4.79 Å². The van der Waals surface area contributed by atoms with Crippen molar-refractivity contribution >= 4 is 28.5 Å². The number of hydrogen-bond acceptors (Lipinski definition) is 6. The molecule has 158 valence electrons. The number of carbonyl (C=O) groups is 1. The number of hydrogen-bond donors (Lipinski definition) is 0. The predicted molar refractivity (Wildman–Crippen MR) is 103 cm³/mol. The van der Waals surface area contributed by atoms with E-state index in [0.717, 1.165) is 12.1 Å². The van der Waals surface area contributed by atoms with Crippen LogP contribution in [0.25, 0.3) is 11.0 Å². The lowest BCUT2D eigenvalue weighted by Gasteiger charge is -2.14. The highest BCUT2D eigenvalue weighted by Crippen LogP contribution is 2.39. The fourth-order valence-corrected chi connectivity index (χ4v) is 2.86. The number of benzene rings is 2. The van der Waals surface area contributed by atoms with Crippen LogP contribution in [0.1, 0.15) is 16.3 Å². The molecule has 0 aliphatic heterocycles. The van der Waals surface area contributed by atoms with Gasteiger partial charge in [-0.05, 0) is 36.4 Å². The molecule has 0 aliphatic carbocycles. The Labute approximate surface area is 176 Å². The van der Waals surface area contributed by atoms with Gasteiger partial charge in [0.15, 0.2) is 0 Å². The number of rotatable bonds is 4. The second kappa shape index (κ2) is 7.84. The minimum absolute atomic E-state index is 0.00954. The lowest BCUT2D eigenvalue weighted by atomic mass is 10.2. The normalized spacial score (nSPS) is 11.5. The van der Waals surface area contributed by atoms with Gasteiger partial charge < -0.3 is 18.3 Å². The van der Waals surface area contributed by atoms with Crippen molar-refractivity contribution < 1.29 is 36.3 Å². The summed E-state index contributed by atoms with van der Waals surface area (Å²) in [5, 5.41) is -0.205. The number of halogens is 4. The van der Waals surface area contributed by atoms with Crippen LogP contribution < -0.4 is 14.9 Å². The highest BCUT2D eigenvalue weighted by molar-refractivity contribution is 6.32. The molecule has 4 rings (SSSR count). The van der Waals surface area contributed by atoms with Crippen LogP contribution in [0, 0.1) is 0 Å². The number of fused-ring (bicyclic) bond motifs is 1. The summed E-state index contributed by atoms with van der Waals surface area (Å²) in [6.07, 6.45) is -3.79. The SMILES string of the molecule is O=C(Oc1ccc2c(=O)c(Oc3ccccc3Cl)c(C(F)(F)F)oc2c1)c1ccco1. The molecule has 0 unspecified atom stereocenters. The van der Waals surface area contributed by atoms with E-state index in [2.05, 4.69) is 0 Å². The first-order valence-corrected chi connectivity index (χ1v) is 8.98. The molecule has 4 aromatic rings. The van der Waals surface area contributed by atoms with Crippen molar-refractivity contribution in [2.45, 2.75) is 6.18 Å². The van der Waals surface area contributed by atoms with E-state index < -0.39 is 34.7 Å². The number of alkyl halides is 3. The summed E-state index contributed by atoms with van der Waals surface area (Å²) >= 11 is 5.93. The van der Waals surface area contributed by atoms with Crippen molar-refractivity contribution in [1.29, 1.82) is 0 Å². The molecule has 0 amide bonds. The topological polar surface area (TPSA) is 78.9 Å². The van der Waals surface area contributed by atoms with Gasteiger partial charge >= 0.3 is 12.1 Å². The molecule has 0 bridgehead atoms. The van der Waals surface area contributed by atoms with Crippen LogP contribution in [0.4, 0.5) is 13.2 Å². The van der Waals surface area contributed by atoms with Gasteiger partial charge in [-0.2, -0.15) is 13.2 Å². The molecule has 0 spiro atoms. The van der Waals surface area contributed by atoms with E-state index in [1.807, 2.05) is 0 Å². The van der Waals surface area contributed by atoms with Crippen molar-refractivity contribution in [2.75, 3.05) is 0 Å². The molecule has 6 nitrogen and oxygen atoms in total. The van der Waals surface area contributed by atoms with Crippen molar-refractivity contribution in [2.24, 2.45) is 0 Å². The van der Waals surface area contributed by atoms with Gasteiger partial charge in [0.2, 0.25) is 16.9 Å². The summed E-state index contributed by atoms with van der Waals surface area (Å²) in [4.78, 5) is 24.8. The van der Waals surface area contributed by atoms with Crippen molar-refractivity contribution in [3.05, 3.63) is 87.6 Å². The third-order valence-electron chi connectivity index (χ3n) is 4.06. The Kier molecular flexibility index (Phi) is 5.20. The third-order valence-corrected chi connectivity index (χ3v) is 4.37. The van der Waals surface area contributed by atoms with Crippen LogP contribution in [-0.2, 0) is 6.18 Å². The third kappa shape index (κ3) is 4.13. The Hall–Kier alpha value is -3.72. The summed E-state index contributed by atoms with van der Waals surface area (Å²) in [7, 11) is 0. The summed E-state index contributed by atoms with van der Waals surface area (Å²) < 4.78 is 60.9. The van der Waals surface area contributed by atoms with Crippen molar-refractivity contribution in [3.8, 4) is 17.2 Å². The van der Waals surface area contributed by atoms with Gasteiger partial charge in [-0.15, -0.1) is 0 Å². The lowest BCUT2D eigenvalue weighted by Crippen LogP contribution is -2.15. The molecule has 10 heteroatoms. The molecule has 2 aromatic carbocycles. The van der Waals surface area contributed by atoms with Gasteiger partial charge in [-0.3, -0.25) is 4.79 Å². The molecule has 0 aliphatic rings. The second-order valence-electron chi connectivity index (χ2n) is 6.14. The van der Waals surface area contributed by atoms with Gasteiger partial charge in [0.1, 0.15) is 17.1 Å². The van der Waals surface area contributed by atoms with Crippen LogP contribution in [-0.4, -0.2) is 5.97 Å². The van der Waals surface area contributed by atoms with Crippen LogP contribution in [0.3, 0.4) is 0 Å². The molecule has 0 saturated heterocycles. The molecule has 2 aromatic heterocycles. The van der Waals surface area contributed by atoms with Crippen LogP contribution in [0.2, 0.25) is 5.02 Å². The minimum atomic E-state index is -5.05. The van der Waals surface area contributed by atoms with Gasteiger partial charge in [0.05, 0.1) is 16.7 Å². The van der Waals surface area contributed by atoms with E-state index in [0.29, 0.717) is 0 Å². The van der Waals surface area contributed by atoms with E-state index in [-0.39, 0.29) is 27.7 Å². The zero-order valence-electron chi connectivity index (χ0n) is 15.2. The summed E-state index contributed by atoms with van der Waals surface area (Å²) in [5.41, 5.74) is -1.52. The zero-order valence-corrected chi connectivity index (χ0v) is 16.0. The monoisotopic (exact) mass is 450 g/mol. The van der Waals surface area contributed by atoms with E-state index in [1.165, 1.54) is 42.7 Å². The average Bonchev–Trinajstić information content (AvgIpc) is 3.25. The highest BCUT2D eigenvalue weighted by Gasteiger charge is 2.40. The zero-order chi connectivity index (χ0) is 22.2. The fourth-order valence-electron chi connectivity index (χ4n) is 2.69. The maximum atomic E-state index is 13.6. The highest BCUT2D eigenvalue weighted by atomic mass is 35.5. The Morgan fingerprint density at radius 3 is 2.48 bits per heavy atom. The van der Waals surface area contributed by atoms with Crippen LogP contribution >= 0.6 is 11.6 Å². The molecular formula is C21H10ClF3O6. The molecule has 31 heavy (non-hydrogen) atoms. The van der Waals surface area contributed by atoms with E-state index in [4.69, 9.17) is 29.9 Å². The van der Waals surface area contributed by atoms with E-state index >= 15 is 0 Å². The number of carbonyl (C=O) groups excluding carboxylic acids is 1. The number of furan rings is 1. The molecule has 0 fully saturated rings. The Balaban J connectivity index is 1.80. The number of ether oxygens (including phenoxy) is 2. The molecule has 0 radical (unpaired) electrons. The number of esters is 1. The first kappa shape index (κ1) is 20.5. The molecule has 0 N–H and O–H groups in total. The van der Waals surface area contributed by atoms with Crippen LogP contribution in [0.5, 0.6) is 17.2 Å². The standard InChI is InChI=1S/C21H10ClF3O6/c22-13-4-1-2-5-14(13)30-18-17(26)12-8-7-11(29-20(27)15-6-3-9-28-15)10-16(12)31-19(18)21(23,24)25/h1-10H. The molecule has 0 saturated carbocycles. The first-order valence-electron chi connectivity index (χ1n) is 8.60. The molecular weight excluding hydrogens is 441 g/mol. The van der Waals surface area contributed by atoms with E-state index in [1.54, 1.807) is 6.07 Å². The fraction of sp³-hybridized carbons (Fsp3) is 0.0476. The quantitative estimate of drug-likeness (QED) is 0.277. The van der Waals surface area contributed by atoms with Gasteiger partial charge in [-0.1, -0.05) is 23.7 Å². The maximum absolute atomic E-state index is 13.6. The van der Waals surface area contributed by atoms with E-state index in [9.17, 15) is 22.8 Å². The van der Waals surface area contributed by atoms with Crippen molar-refractivity contribution in [1.82, 2.24) is 0 Å². The summed E-state index contributed by atoms with van der Waals surface area (Å²) in [5.74, 6) is -3.99. The smallest absolute Gasteiger partial charge is 0.453 e. The van der Waals surface area contributed by atoms with Crippen LogP contribution in [0.15, 0.2) is 74.5 Å². The Bertz CT molecular complexity index is 1330. The second-order valence-corrected chi connectivity index (χ2v) is 6.55. The summed E-state index contributed by atoms with van der Waals surface area (Å²) in [6.45, 7) is 0. The predicted octanol–water partition coefficient (Wildman–Crippen LogP) is 6.07. The minimum Gasteiger partial charge on any atom is -0.457 e. The Morgan fingerprint density at radius 2 is 1.81 bits per heavy atom. The first-order chi connectivity index (χ1) is 14.7. The maximum Gasteiger partial charge on any atom is 0.453 e. The van der Waals surface area contributed by atoms with Gasteiger partial charge in [0.25, 0.3) is 5.76 Å². The Morgan fingerprint density at radius 1 is 1.03 bits per heavy atom. The molecule has 0 atom stereocenters. The largest absolute Gasteiger partial charge is 0.457 e. The van der Waals surface area contributed by atoms with Gasteiger partial charge in [0, 0.05) is 6.07 Å². The number of para-hydroxylation sites is 1.